The normalized spacial score (nSPS) is 11.6. The van der Waals surface area contributed by atoms with Gasteiger partial charge in [0.25, 0.3) is 5.91 Å². The van der Waals surface area contributed by atoms with E-state index in [-0.39, 0.29) is 5.91 Å². The Kier molecular flexibility index (Phi) is 9.47. The van der Waals surface area contributed by atoms with Crippen molar-refractivity contribution in [2.24, 2.45) is 0 Å². The molecule has 0 aliphatic heterocycles. The molecule has 1 heterocycles. The van der Waals surface area contributed by atoms with Crippen LogP contribution in [0.15, 0.2) is 73.1 Å². The molecule has 6 nitrogen and oxygen atoms in total. The number of rotatable bonds is 11. The van der Waals surface area contributed by atoms with Crippen LogP contribution in [0.1, 0.15) is 27.9 Å². The lowest BCUT2D eigenvalue weighted by atomic mass is 9.96. The number of ether oxygens (including phenoxy) is 2. The molecule has 0 aliphatic carbocycles. The Morgan fingerprint density at radius 3 is 2.52 bits per heavy atom. The van der Waals surface area contributed by atoms with Gasteiger partial charge >= 0.3 is 5.97 Å². The summed E-state index contributed by atoms with van der Waals surface area (Å²) in [6.45, 7) is 0.849. The monoisotopic (exact) mass is 464 g/mol. The lowest BCUT2D eigenvalue weighted by Gasteiger charge is -2.18. The van der Waals surface area contributed by atoms with Crippen molar-refractivity contribution in [1.29, 1.82) is 0 Å². The first-order valence-corrected chi connectivity index (χ1v) is 12.0. The van der Waals surface area contributed by atoms with E-state index in [9.17, 15) is 9.59 Å². The van der Waals surface area contributed by atoms with Crippen molar-refractivity contribution in [3.05, 3.63) is 89.7 Å². The molecule has 0 spiro atoms. The lowest BCUT2D eigenvalue weighted by molar-refractivity contribution is -0.142. The Morgan fingerprint density at radius 1 is 1.03 bits per heavy atom. The van der Waals surface area contributed by atoms with Gasteiger partial charge in [-0.05, 0) is 58.9 Å². The highest BCUT2D eigenvalue weighted by Crippen LogP contribution is 2.26. The maximum Gasteiger partial charge on any atom is 0.328 e. The Hall–Kier alpha value is -3.16. The molecule has 1 atom stereocenters. The minimum Gasteiger partial charge on any atom is -0.467 e. The molecule has 0 radical (unpaired) electrons. The van der Waals surface area contributed by atoms with E-state index < -0.39 is 12.0 Å². The molecule has 0 bridgehead atoms. The molecule has 1 amide bonds. The van der Waals surface area contributed by atoms with Crippen LogP contribution in [-0.2, 0) is 27.5 Å². The molecule has 0 unspecified atom stereocenters. The number of aromatic nitrogens is 1. The Bertz CT molecular complexity index is 1040. The van der Waals surface area contributed by atoms with E-state index >= 15 is 0 Å². The summed E-state index contributed by atoms with van der Waals surface area (Å²) < 4.78 is 10.7. The van der Waals surface area contributed by atoms with Gasteiger partial charge in [-0.3, -0.25) is 9.78 Å². The first-order chi connectivity index (χ1) is 16.1. The number of hydrogen-bond acceptors (Lipinski definition) is 6. The van der Waals surface area contributed by atoms with E-state index in [0.717, 1.165) is 28.0 Å². The molecule has 1 aromatic heterocycles. The van der Waals surface area contributed by atoms with Gasteiger partial charge < -0.3 is 14.8 Å². The molecule has 0 saturated carbocycles. The van der Waals surface area contributed by atoms with E-state index in [1.807, 2.05) is 60.9 Å². The number of nitrogens with one attached hydrogen (secondary N) is 1. The fourth-order valence-electron chi connectivity index (χ4n) is 3.37. The van der Waals surface area contributed by atoms with E-state index in [4.69, 9.17) is 9.47 Å². The van der Waals surface area contributed by atoms with E-state index in [2.05, 4.69) is 10.3 Å². The van der Waals surface area contributed by atoms with E-state index in [1.165, 1.54) is 7.11 Å². The zero-order chi connectivity index (χ0) is 23.5. The number of esters is 1. The summed E-state index contributed by atoms with van der Waals surface area (Å²) in [7, 11) is 1.33. The molecule has 3 rings (SSSR count). The first-order valence-electron chi connectivity index (χ1n) is 10.6. The number of nitrogens with zero attached hydrogens (tertiary/aromatic N) is 1. The lowest BCUT2D eigenvalue weighted by Crippen LogP contribution is -2.42. The van der Waals surface area contributed by atoms with Crippen LogP contribution < -0.4 is 5.32 Å². The number of carbonyl (C=O) groups is 2. The Balaban J connectivity index is 1.81. The van der Waals surface area contributed by atoms with Crippen LogP contribution >= 0.6 is 11.8 Å². The topological polar surface area (TPSA) is 77.5 Å². The highest BCUT2D eigenvalue weighted by molar-refractivity contribution is 7.98. The number of thioether (sulfide) groups is 1. The van der Waals surface area contributed by atoms with Gasteiger partial charge in [0, 0.05) is 18.0 Å². The summed E-state index contributed by atoms with van der Waals surface area (Å²) in [6.07, 6.45) is 5.96. The average Bonchev–Trinajstić information content (AvgIpc) is 2.87. The Morgan fingerprint density at radius 2 is 1.82 bits per heavy atom. The highest BCUT2D eigenvalue weighted by Gasteiger charge is 2.23. The predicted molar refractivity (Wildman–Crippen MR) is 131 cm³/mol. The zero-order valence-corrected chi connectivity index (χ0v) is 19.6. The van der Waals surface area contributed by atoms with Crippen LogP contribution in [0, 0.1) is 0 Å². The number of benzene rings is 2. The van der Waals surface area contributed by atoms with Crippen LogP contribution in [0.3, 0.4) is 0 Å². The highest BCUT2D eigenvalue weighted by atomic mass is 32.2. The van der Waals surface area contributed by atoms with Gasteiger partial charge in [-0.2, -0.15) is 11.8 Å². The Labute approximate surface area is 198 Å². The molecule has 0 aliphatic rings. The van der Waals surface area contributed by atoms with Gasteiger partial charge in [0.05, 0.1) is 20.3 Å². The summed E-state index contributed by atoms with van der Waals surface area (Å²) >= 11 is 1.61. The summed E-state index contributed by atoms with van der Waals surface area (Å²) in [4.78, 5) is 29.4. The van der Waals surface area contributed by atoms with Crippen LogP contribution in [-0.4, -0.2) is 42.0 Å². The molecule has 172 valence electrons. The van der Waals surface area contributed by atoms with Crippen molar-refractivity contribution < 1.29 is 19.1 Å². The summed E-state index contributed by atoms with van der Waals surface area (Å²) in [6, 6.07) is 18.5. The quantitative estimate of drug-likeness (QED) is 0.421. The van der Waals surface area contributed by atoms with Crippen molar-refractivity contribution >= 4 is 23.6 Å². The van der Waals surface area contributed by atoms with Crippen molar-refractivity contribution in [3.63, 3.8) is 0 Å². The second kappa shape index (κ2) is 12.8. The third-order valence-electron chi connectivity index (χ3n) is 5.08. The average molecular weight is 465 g/mol. The van der Waals surface area contributed by atoms with Gasteiger partial charge in [0.1, 0.15) is 6.04 Å². The minimum absolute atomic E-state index is 0.312. The van der Waals surface area contributed by atoms with Crippen molar-refractivity contribution in [3.8, 4) is 11.1 Å². The van der Waals surface area contributed by atoms with Crippen LogP contribution in [0.5, 0.6) is 0 Å². The number of amides is 1. The van der Waals surface area contributed by atoms with Crippen LogP contribution in [0.25, 0.3) is 11.1 Å². The second-order valence-corrected chi connectivity index (χ2v) is 8.42. The van der Waals surface area contributed by atoms with Gasteiger partial charge in [-0.25, -0.2) is 4.79 Å². The smallest absolute Gasteiger partial charge is 0.328 e. The molecule has 7 heteroatoms. The van der Waals surface area contributed by atoms with Gasteiger partial charge in [0.15, 0.2) is 0 Å². The summed E-state index contributed by atoms with van der Waals surface area (Å²) in [5.74, 6) is -0.0222. The van der Waals surface area contributed by atoms with Crippen molar-refractivity contribution in [2.75, 3.05) is 19.1 Å². The van der Waals surface area contributed by atoms with Gasteiger partial charge in [0.2, 0.25) is 0 Å². The molecule has 0 saturated heterocycles. The van der Waals surface area contributed by atoms with Gasteiger partial charge in [-0.1, -0.05) is 42.5 Å². The molecule has 33 heavy (non-hydrogen) atoms. The fourth-order valence-corrected chi connectivity index (χ4v) is 3.84. The third-order valence-corrected chi connectivity index (χ3v) is 5.72. The maximum atomic E-state index is 13.2. The number of pyridine rings is 1. The fraction of sp³-hybridized carbons (Fsp3) is 0.269. The van der Waals surface area contributed by atoms with E-state index in [0.29, 0.717) is 25.2 Å². The molecule has 3 aromatic rings. The number of hydrogen-bond donors (Lipinski definition) is 1. The van der Waals surface area contributed by atoms with Crippen LogP contribution in [0.4, 0.5) is 0 Å². The molecular weight excluding hydrogens is 436 g/mol. The van der Waals surface area contributed by atoms with E-state index in [1.54, 1.807) is 30.2 Å². The summed E-state index contributed by atoms with van der Waals surface area (Å²) in [5.41, 5.74) is 4.13. The SMILES string of the molecule is COC(=O)[C@H](CCSC)NC(=O)c1ccc(COCc2cccnc2)cc1-c1ccccc1. The summed E-state index contributed by atoms with van der Waals surface area (Å²) in [5, 5.41) is 2.85. The first kappa shape index (κ1) is 24.5. The largest absolute Gasteiger partial charge is 0.467 e. The number of methoxy groups -OCH3 is 1. The second-order valence-electron chi connectivity index (χ2n) is 7.43. The van der Waals surface area contributed by atoms with Crippen molar-refractivity contribution in [2.45, 2.75) is 25.7 Å². The number of carbonyl (C=O) groups excluding carboxylic acids is 2. The molecular formula is C26H28N2O4S. The molecule has 1 N–H and O–H groups in total. The molecule has 0 fully saturated rings. The maximum absolute atomic E-state index is 13.2. The minimum atomic E-state index is -0.693. The van der Waals surface area contributed by atoms with Crippen LogP contribution in [0.2, 0.25) is 0 Å². The van der Waals surface area contributed by atoms with Crippen molar-refractivity contribution in [1.82, 2.24) is 10.3 Å². The standard InChI is InChI=1S/C26H28N2O4S/c1-31-26(30)24(12-14-33-2)28-25(29)22-11-10-19(15-23(22)21-8-4-3-5-9-21)17-32-18-20-7-6-13-27-16-20/h3-11,13,15-16,24H,12,14,17-18H2,1-2H3,(H,28,29)/t24-/m0/s1. The predicted octanol–water partition coefficient (Wildman–Crippen LogP) is 4.49. The zero-order valence-electron chi connectivity index (χ0n) is 18.8. The molecule has 2 aromatic carbocycles. The third kappa shape index (κ3) is 7.17. The van der Waals surface area contributed by atoms with Gasteiger partial charge in [-0.15, -0.1) is 0 Å².